The second-order valence-corrected chi connectivity index (χ2v) is 3.08. The first-order chi connectivity index (χ1) is 5.11. The van der Waals surface area contributed by atoms with E-state index in [0.29, 0.717) is 17.6 Å². The molecule has 0 unspecified atom stereocenters. The zero-order valence-corrected chi connectivity index (χ0v) is 7.07. The molecule has 3 nitrogen and oxygen atoms in total. The summed E-state index contributed by atoms with van der Waals surface area (Å²) < 4.78 is 0. The van der Waals surface area contributed by atoms with Gasteiger partial charge < -0.3 is 16.5 Å². The van der Waals surface area contributed by atoms with E-state index >= 15 is 0 Å². The minimum Gasteiger partial charge on any atom is -0.385 e. The van der Waals surface area contributed by atoms with E-state index in [-0.39, 0.29) is 0 Å². The summed E-state index contributed by atoms with van der Waals surface area (Å²) in [7, 11) is 0. The van der Waals surface area contributed by atoms with E-state index in [0.717, 1.165) is 5.57 Å². The first-order valence-electron chi connectivity index (χ1n) is 3.89. The van der Waals surface area contributed by atoms with Gasteiger partial charge in [0, 0.05) is 17.3 Å². The Kier molecular flexibility index (Phi) is 2.17. The Bertz CT molecular complexity index is 201. The average molecular weight is 153 g/mol. The molecule has 62 valence electrons. The van der Waals surface area contributed by atoms with E-state index in [1.807, 2.05) is 6.92 Å². The molecule has 1 fully saturated rings. The molecule has 0 aliphatic heterocycles. The maximum atomic E-state index is 7.32. The zero-order chi connectivity index (χ0) is 8.43. The standard InChI is InChI=1S/C8H15N3/c1-5(6(2)9)8(10)11-7-3-4-7/h7,9,11H,3-4,10H2,1-2H3/b8-5-,9-6?. The van der Waals surface area contributed by atoms with E-state index in [1.165, 1.54) is 12.8 Å². The second kappa shape index (κ2) is 2.95. The largest absolute Gasteiger partial charge is 0.385 e. The number of nitrogens with two attached hydrogens (primary N) is 1. The minimum atomic E-state index is 0.538. The van der Waals surface area contributed by atoms with Gasteiger partial charge in [-0.2, -0.15) is 0 Å². The molecule has 0 radical (unpaired) electrons. The van der Waals surface area contributed by atoms with E-state index in [9.17, 15) is 0 Å². The molecule has 0 aromatic carbocycles. The summed E-state index contributed by atoms with van der Waals surface area (Å²) in [5.74, 6) is 0.667. The van der Waals surface area contributed by atoms with Crippen molar-refractivity contribution < 1.29 is 0 Å². The lowest BCUT2D eigenvalue weighted by Gasteiger charge is -2.07. The smallest absolute Gasteiger partial charge is 0.101 e. The minimum absolute atomic E-state index is 0.538. The predicted molar refractivity (Wildman–Crippen MR) is 46.4 cm³/mol. The summed E-state index contributed by atoms with van der Waals surface area (Å²) in [6.45, 7) is 3.61. The maximum absolute atomic E-state index is 7.32. The Morgan fingerprint density at radius 1 is 1.45 bits per heavy atom. The molecule has 4 N–H and O–H groups in total. The monoisotopic (exact) mass is 153 g/mol. The van der Waals surface area contributed by atoms with Gasteiger partial charge in [-0.05, 0) is 26.7 Å². The Labute approximate surface area is 67.2 Å². The van der Waals surface area contributed by atoms with Crippen molar-refractivity contribution in [2.45, 2.75) is 32.7 Å². The SMILES string of the molecule is CC(=N)/C(C)=C(/N)NC1CC1. The van der Waals surface area contributed by atoms with Crippen LogP contribution >= 0.6 is 0 Å². The van der Waals surface area contributed by atoms with Gasteiger partial charge in [0.25, 0.3) is 0 Å². The molecule has 1 rings (SSSR count). The number of hydrogen-bond acceptors (Lipinski definition) is 3. The molecular formula is C8H15N3. The summed E-state index contributed by atoms with van der Waals surface area (Å²) in [5.41, 5.74) is 7.08. The molecule has 0 bridgehead atoms. The molecule has 1 saturated carbocycles. The Balaban J connectivity index is 2.52. The highest BCUT2D eigenvalue weighted by atomic mass is 15.0. The highest BCUT2D eigenvalue weighted by Gasteiger charge is 2.21. The van der Waals surface area contributed by atoms with Crippen LogP contribution in [0.4, 0.5) is 0 Å². The topological polar surface area (TPSA) is 61.9 Å². The van der Waals surface area contributed by atoms with Crippen LogP contribution in [0.5, 0.6) is 0 Å². The number of rotatable bonds is 3. The molecular weight excluding hydrogens is 138 g/mol. The molecule has 0 heterocycles. The van der Waals surface area contributed by atoms with Crippen LogP contribution in [-0.2, 0) is 0 Å². The van der Waals surface area contributed by atoms with Crippen LogP contribution in [0.15, 0.2) is 11.4 Å². The first kappa shape index (κ1) is 8.11. The van der Waals surface area contributed by atoms with Crippen LogP contribution < -0.4 is 11.1 Å². The highest BCUT2D eigenvalue weighted by Crippen LogP contribution is 2.19. The molecule has 0 aromatic rings. The van der Waals surface area contributed by atoms with Crippen molar-refractivity contribution in [3.63, 3.8) is 0 Å². The van der Waals surface area contributed by atoms with Gasteiger partial charge in [0.2, 0.25) is 0 Å². The van der Waals surface area contributed by atoms with E-state index in [1.54, 1.807) is 6.92 Å². The van der Waals surface area contributed by atoms with Gasteiger partial charge in [-0.25, -0.2) is 0 Å². The van der Waals surface area contributed by atoms with Crippen LogP contribution in [0.1, 0.15) is 26.7 Å². The molecule has 11 heavy (non-hydrogen) atoms. The number of allylic oxidation sites excluding steroid dienone is 1. The van der Waals surface area contributed by atoms with E-state index < -0.39 is 0 Å². The number of nitrogens with one attached hydrogen (secondary N) is 2. The third-order valence-corrected chi connectivity index (χ3v) is 1.90. The summed E-state index contributed by atoms with van der Waals surface area (Å²) >= 11 is 0. The lowest BCUT2D eigenvalue weighted by Crippen LogP contribution is -2.24. The lowest BCUT2D eigenvalue weighted by molar-refractivity contribution is 0.786. The quantitative estimate of drug-likeness (QED) is 0.529. The third-order valence-electron chi connectivity index (χ3n) is 1.90. The Hall–Kier alpha value is -0.990. The van der Waals surface area contributed by atoms with Gasteiger partial charge in [0.15, 0.2) is 0 Å². The van der Waals surface area contributed by atoms with Crippen LogP contribution in [0.2, 0.25) is 0 Å². The molecule has 0 spiro atoms. The summed E-state index contributed by atoms with van der Waals surface area (Å²) in [6.07, 6.45) is 2.43. The average Bonchev–Trinajstić information content (AvgIpc) is 2.69. The Morgan fingerprint density at radius 2 is 2.00 bits per heavy atom. The van der Waals surface area contributed by atoms with Crippen molar-refractivity contribution in [1.29, 1.82) is 5.41 Å². The molecule has 0 amide bonds. The van der Waals surface area contributed by atoms with Crippen molar-refractivity contribution in [2.75, 3.05) is 0 Å². The lowest BCUT2D eigenvalue weighted by atomic mass is 10.2. The van der Waals surface area contributed by atoms with Gasteiger partial charge in [-0.15, -0.1) is 0 Å². The number of hydrogen-bond donors (Lipinski definition) is 3. The molecule has 0 saturated heterocycles. The first-order valence-corrected chi connectivity index (χ1v) is 3.89. The fourth-order valence-corrected chi connectivity index (χ4v) is 0.758. The third kappa shape index (κ3) is 2.26. The van der Waals surface area contributed by atoms with E-state index in [4.69, 9.17) is 11.1 Å². The van der Waals surface area contributed by atoms with Crippen molar-refractivity contribution in [2.24, 2.45) is 5.73 Å². The molecule has 1 aliphatic carbocycles. The predicted octanol–water partition coefficient (Wildman–Crippen LogP) is 0.968. The summed E-state index contributed by atoms with van der Waals surface area (Å²) in [4.78, 5) is 0. The zero-order valence-electron chi connectivity index (χ0n) is 7.07. The maximum Gasteiger partial charge on any atom is 0.101 e. The normalized spacial score (nSPS) is 19.1. The van der Waals surface area contributed by atoms with Crippen LogP contribution in [0.25, 0.3) is 0 Å². The molecule has 0 aromatic heterocycles. The molecule has 3 heteroatoms. The van der Waals surface area contributed by atoms with Crippen molar-refractivity contribution in [3.8, 4) is 0 Å². The van der Waals surface area contributed by atoms with Crippen molar-refractivity contribution in [3.05, 3.63) is 11.4 Å². The van der Waals surface area contributed by atoms with Crippen molar-refractivity contribution >= 4 is 5.71 Å². The van der Waals surface area contributed by atoms with Gasteiger partial charge in [0.1, 0.15) is 5.82 Å². The van der Waals surface area contributed by atoms with Crippen LogP contribution in [-0.4, -0.2) is 11.8 Å². The fourth-order valence-electron chi connectivity index (χ4n) is 0.758. The Morgan fingerprint density at radius 3 is 2.36 bits per heavy atom. The van der Waals surface area contributed by atoms with Gasteiger partial charge >= 0.3 is 0 Å². The van der Waals surface area contributed by atoms with Crippen LogP contribution in [0.3, 0.4) is 0 Å². The summed E-state index contributed by atoms with van der Waals surface area (Å²) in [5, 5.41) is 10.5. The van der Waals surface area contributed by atoms with Gasteiger partial charge in [0.05, 0.1) is 0 Å². The van der Waals surface area contributed by atoms with Crippen molar-refractivity contribution in [1.82, 2.24) is 5.32 Å². The second-order valence-electron chi connectivity index (χ2n) is 3.08. The van der Waals surface area contributed by atoms with Gasteiger partial charge in [-0.3, -0.25) is 0 Å². The van der Waals surface area contributed by atoms with Gasteiger partial charge in [-0.1, -0.05) is 0 Å². The van der Waals surface area contributed by atoms with Crippen LogP contribution in [0, 0.1) is 5.41 Å². The molecule has 0 atom stereocenters. The summed E-state index contributed by atoms with van der Waals surface area (Å²) in [6, 6.07) is 0.573. The fraction of sp³-hybridized carbons (Fsp3) is 0.625. The molecule has 1 aliphatic rings. The highest BCUT2D eigenvalue weighted by molar-refractivity contribution is 5.95. The van der Waals surface area contributed by atoms with E-state index in [2.05, 4.69) is 5.32 Å².